The van der Waals surface area contributed by atoms with Crippen molar-refractivity contribution in [3.63, 3.8) is 0 Å². The van der Waals surface area contributed by atoms with E-state index in [-0.39, 0.29) is 5.54 Å². The third-order valence-electron chi connectivity index (χ3n) is 4.05. The minimum atomic E-state index is 0.154. The molecule has 1 aromatic rings. The Balaban J connectivity index is 1.89. The molecule has 2 aliphatic rings. The number of hydrogen-bond acceptors (Lipinski definition) is 4. The summed E-state index contributed by atoms with van der Waals surface area (Å²) in [6, 6.07) is 6.27. The third-order valence-corrected chi connectivity index (χ3v) is 4.05. The van der Waals surface area contributed by atoms with E-state index in [1.807, 2.05) is 6.07 Å². The lowest BCUT2D eigenvalue weighted by atomic mass is 9.95. The van der Waals surface area contributed by atoms with Crippen LogP contribution in [0.25, 0.3) is 0 Å². The molecule has 0 unspecified atom stereocenters. The lowest BCUT2D eigenvalue weighted by Gasteiger charge is -2.42. The molecule has 19 heavy (non-hydrogen) atoms. The van der Waals surface area contributed by atoms with E-state index in [1.54, 1.807) is 0 Å². The van der Waals surface area contributed by atoms with Crippen LogP contribution in [0.2, 0.25) is 0 Å². The number of hydrogen-bond donors (Lipinski definition) is 1. The molecular formula is C15H22N2O2. The molecule has 0 radical (unpaired) electrons. The highest BCUT2D eigenvalue weighted by Crippen LogP contribution is 2.37. The molecule has 2 aliphatic heterocycles. The molecule has 2 heterocycles. The van der Waals surface area contributed by atoms with Crippen LogP contribution >= 0.6 is 0 Å². The van der Waals surface area contributed by atoms with Crippen LogP contribution in [0.3, 0.4) is 0 Å². The van der Waals surface area contributed by atoms with Gasteiger partial charge in [0.05, 0.1) is 0 Å². The molecular weight excluding hydrogens is 240 g/mol. The maximum Gasteiger partial charge on any atom is 0.231 e. The predicted molar refractivity (Wildman–Crippen MR) is 76.1 cm³/mol. The Bertz CT molecular complexity index is 459. The monoisotopic (exact) mass is 262 g/mol. The first-order valence-corrected chi connectivity index (χ1v) is 7.05. The second-order valence-corrected chi connectivity index (χ2v) is 5.86. The molecule has 0 aromatic heterocycles. The minimum Gasteiger partial charge on any atom is -0.454 e. The first-order chi connectivity index (χ1) is 9.17. The van der Waals surface area contributed by atoms with E-state index in [4.69, 9.17) is 9.47 Å². The number of ether oxygens (including phenoxy) is 2. The summed E-state index contributed by atoms with van der Waals surface area (Å²) in [6.45, 7) is 8.20. The van der Waals surface area contributed by atoms with Gasteiger partial charge in [0.25, 0.3) is 0 Å². The fraction of sp³-hybridized carbons (Fsp3) is 0.600. The van der Waals surface area contributed by atoms with Crippen molar-refractivity contribution in [1.29, 1.82) is 0 Å². The van der Waals surface area contributed by atoms with Crippen molar-refractivity contribution in [2.75, 3.05) is 31.3 Å². The summed E-state index contributed by atoms with van der Waals surface area (Å²) in [5.74, 6) is 1.73. The van der Waals surface area contributed by atoms with E-state index in [1.165, 1.54) is 5.69 Å². The summed E-state index contributed by atoms with van der Waals surface area (Å²) in [5.41, 5.74) is 1.39. The van der Waals surface area contributed by atoms with Gasteiger partial charge in [0, 0.05) is 23.8 Å². The quantitative estimate of drug-likeness (QED) is 0.842. The molecule has 0 spiro atoms. The number of fused-ring (bicyclic) bond motifs is 1. The molecule has 104 valence electrons. The average Bonchev–Trinajstić information content (AvgIpc) is 2.82. The minimum absolute atomic E-state index is 0.154. The SMILES string of the molecule is CC1(C)CCNCCCN1c1ccc2c(c1)OCO2. The number of rotatable bonds is 1. The Morgan fingerprint density at radius 1 is 1.16 bits per heavy atom. The highest BCUT2D eigenvalue weighted by Gasteiger charge is 2.28. The van der Waals surface area contributed by atoms with E-state index in [0.29, 0.717) is 6.79 Å². The van der Waals surface area contributed by atoms with Crippen LogP contribution in [0.4, 0.5) is 5.69 Å². The summed E-state index contributed by atoms with van der Waals surface area (Å²) < 4.78 is 10.9. The summed E-state index contributed by atoms with van der Waals surface area (Å²) in [7, 11) is 0. The molecule has 0 atom stereocenters. The Hall–Kier alpha value is -1.42. The van der Waals surface area contributed by atoms with Crippen LogP contribution in [0.1, 0.15) is 26.7 Å². The topological polar surface area (TPSA) is 33.7 Å². The Labute approximate surface area is 114 Å². The summed E-state index contributed by atoms with van der Waals surface area (Å²) >= 11 is 0. The normalized spacial score (nSPS) is 21.9. The van der Waals surface area contributed by atoms with Gasteiger partial charge in [0.2, 0.25) is 6.79 Å². The highest BCUT2D eigenvalue weighted by molar-refractivity contribution is 5.58. The molecule has 1 aromatic carbocycles. The first kappa shape index (κ1) is 12.6. The lowest BCUT2D eigenvalue weighted by molar-refractivity contribution is 0.174. The van der Waals surface area contributed by atoms with Crippen molar-refractivity contribution >= 4 is 5.69 Å². The van der Waals surface area contributed by atoms with Gasteiger partial charge in [-0.3, -0.25) is 0 Å². The summed E-state index contributed by atoms with van der Waals surface area (Å²) in [5, 5.41) is 3.49. The smallest absolute Gasteiger partial charge is 0.231 e. The van der Waals surface area contributed by atoms with Gasteiger partial charge in [-0.2, -0.15) is 0 Å². The van der Waals surface area contributed by atoms with Crippen LogP contribution in [0.5, 0.6) is 11.5 Å². The van der Waals surface area contributed by atoms with Crippen LogP contribution < -0.4 is 19.7 Å². The fourth-order valence-electron chi connectivity index (χ4n) is 2.85. The number of nitrogens with zero attached hydrogens (tertiary/aromatic N) is 1. The van der Waals surface area contributed by atoms with Gasteiger partial charge in [-0.05, 0) is 51.9 Å². The summed E-state index contributed by atoms with van der Waals surface area (Å²) in [4.78, 5) is 2.50. The van der Waals surface area contributed by atoms with E-state index < -0.39 is 0 Å². The number of anilines is 1. The maximum absolute atomic E-state index is 5.49. The van der Waals surface area contributed by atoms with Gasteiger partial charge in [-0.1, -0.05) is 0 Å². The predicted octanol–water partition coefficient (Wildman–Crippen LogP) is 2.38. The highest BCUT2D eigenvalue weighted by atomic mass is 16.7. The van der Waals surface area contributed by atoms with Gasteiger partial charge in [-0.25, -0.2) is 0 Å². The van der Waals surface area contributed by atoms with Crippen LogP contribution in [-0.2, 0) is 0 Å². The number of nitrogens with one attached hydrogen (secondary N) is 1. The van der Waals surface area contributed by atoms with Crippen molar-refractivity contribution in [2.45, 2.75) is 32.2 Å². The molecule has 0 bridgehead atoms. The second kappa shape index (κ2) is 4.93. The largest absolute Gasteiger partial charge is 0.454 e. The van der Waals surface area contributed by atoms with Crippen LogP contribution in [0.15, 0.2) is 18.2 Å². The van der Waals surface area contributed by atoms with Crippen LogP contribution in [-0.4, -0.2) is 32.0 Å². The first-order valence-electron chi connectivity index (χ1n) is 7.05. The fourth-order valence-corrected chi connectivity index (χ4v) is 2.85. The van der Waals surface area contributed by atoms with E-state index >= 15 is 0 Å². The molecule has 0 saturated carbocycles. The Morgan fingerprint density at radius 3 is 2.89 bits per heavy atom. The van der Waals surface area contributed by atoms with Gasteiger partial charge in [0.15, 0.2) is 11.5 Å². The molecule has 1 N–H and O–H groups in total. The van der Waals surface area contributed by atoms with Crippen LogP contribution in [0, 0.1) is 0 Å². The second-order valence-electron chi connectivity index (χ2n) is 5.86. The molecule has 4 nitrogen and oxygen atoms in total. The van der Waals surface area contributed by atoms with Gasteiger partial charge >= 0.3 is 0 Å². The third kappa shape index (κ3) is 2.50. The number of benzene rings is 1. The zero-order chi connectivity index (χ0) is 13.3. The molecule has 1 saturated heterocycles. The van der Waals surface area contributed by atoms with Crippen molar-refractivity contribution in [2.24, 2.45) is 0 Å². The van der Waals surface area contributed by atoms with Crippen molar-refractivity contribution in [3.8, 4) is 11.5 Å². The lowest BCUT2D eigenvalue weighted by Crippen LogP contribution is -2.48. The zero-order valence-corrected chi connectivity index (χ0v) is 11.7. The van der Waals surface area contributed by atoms with Crippen molar-refractivity contribution in [1.82, 2.24) is 5.32 Å². The van der Waals surface area contributed by atoms with Crippen molar-refractivity contribution in [3.05, 3.63) is 18.2 Å². The van der Waals surface area contributed by atoms with Crippen molar-refractivity contribution < 1.29 is 9.47 Å². The van der Waals surface area contributed by atoms with Gasteiger partial charge in [-0.15, -0.1) is 0 Å². The molecule has 1 fully saturated rings. The van der Waals surface area contributed by atoms with E-state index in [2.05, 4.69) is 36.2 Å². The summed E-state index contributed by atoms with van der Waals surface area (Å²) in [6.07, 6.45) is 2.30. The molecule has 0 aliphatic carbocycles. The molecule has 0 amide bonds. The Morgan fingerprint density at radius 2 is 2.00 bits per heavy atom. The Kier molecular flexibility index (Phi) is 3.27. The maximum atomic E-state index is 5.49. The molecule has 4 heteroatoms. The van der Waals surface area contributed by atoms with Gasteiger partial charge in [0.1, 0.15) is 0 Å². The van der Waals surface area contributed by atoms with E-state index in [9.17, 15) is 0 Å². The van der Waals surface area contributed by atoms with E-state index in [0.717, 1.165) is 44.0 Å². The zero-order valence-electron chi connectivity index (χ0n) is 11.7. The average molecular weight is 262 g/mol. The van der Waals surface area contributed by atoms with Gasteiger partial charge < -0.3 is 19.7 Å². The standard InChI is InChI=1S/C15H22N2O2/c1-15(2)6-8-16-7-3-9-17(15)12-4-5-13-14(10-12)19-11-18-13/h4-5,10,16H,3,6-9,11H2,1-2H3. The molecule has 3 rings (SSSR count).